The van der Waals surface area contributed by atoms with Crippen molar-refractivity contribution < 1.29 is 76.5 Å². The van der Waals surface area contributed by atoms with Crippen LogP contribution in [0.2, 0.25) is 0 Å². The molecule has 4 aliphatic rings. The maximum Gasteiger partial charge on any atom is 0.257 e. The maximum absolute atomic E-state index is 13.0. The van der Waals surface area contributed by atoms with Crippen molar-refractivity contribution in [3.05, 3.63) is 85.3 Å². The number of nitrogens with one attached hydrogen (secondary N) is 4. The molecule has 722 valence electrons. The van der Waals surface area contributed by atoms with E-state index < -0.39 is 0 Å². The van der Waals surface area contributed by atoms with Crippen LogP contribution in [0.5, 0.6) is 0 Å². The molecule has 0 aliphatic carbocycles. The van der Waals surface area contributed by atoms with Crippen LogP contribution in [0.1, 0.15) is 337 Å². The normalized spacial score (nSPS) is 16.7. The first-order valence-corrected chi connectivity index (χ1v) is 48.2. The highest BCUT2D eigenvalue weighted by atomic mass is 16.5. The van der Waals surface area contributed by atoms with Gasteiger partial charge in [-0.2, -0.15) is 0 Å². The van der Waals surface area contributed by atoms with Crippen LogP contribution in [0.25, 0.3) is 0 Å². The molecule has 130 heavy (non-hydrogen) atoms. The summed E-state index contributed by atoms with van der Waals surface area (Å²) in [5.41, 5.74) is 0. The first-order valence-electron chi connectivity index (χ1n) is 48.2. The summed E-state index contributed by atoms with van der Waals surface area (Å²) < 4.78 is 21.5. The van der Waals surface area contributed by atoms with E-state index in [9.17, 15) is 57.5 Å². The van der Waals surface area contributed by atoms with E-state index in [4.69, 9.17) is 51.1 Å². The number of methoxy groups -OCH3 is 4. The van der Waals surface area contributed by atoms with Gasteiger partial charge >= 0.3 is 0 Å². The number of allylic oxidation sites excluding steroid dienone is 3. The van der Waals surface area contributed by atoms with Gasteiger partial charge in [-0.15, -0.1) is 81.5 Å². The molecule has 0 saturated carbocycles. The lowest BCUT2D eigenvalue weighted by atomic mass is 10.00. The molecule has 4 rings (SSSR count). The molecule has 0 saturated heterocycles. The van der Waals surface area contributed by atoms with Crippen molar-refractivity contribution in [3.63, 3.8) is 0 Å². The first-order chi connectivity index (χ1) is 62.6. The Morgan fingerprint density at radius 1 is 0.315 bits per heavy atom. The SMILES string of the molecule is C#CCCCCCC(=O)N1C(=O)C=C(OC)[C@@H]1CCCCNC(=O)[C@H](C)CCCCC#C.C#CCCCC[C@@H](C)C(=O)NCCCC[C@H]1C(OC)=CC(=O)N1C(=O)CCCCCC=C.C#CCCCC[C@@H](C)C(=O)NCCCC[C@H]1C(OC)=CC(=O)N1C(=O)[C@H](C)CCCCC#C.C=CCCCC[C@@H](C)C(=O)NCCCC[C@H]1C(OC)=CC(=O)N1C(=O)[C@H](C)CCCCC=C. The number of nitrogens with zero attached hydrogens (tertiary/aromatic N) is 4. The molecule has 0 bridgehead atoms. The zero-order chi connectivity index (χ0) is 96.8. The maximum atomic E-state index is 13.0. The molecule has 0 aromatic heterocycles. The number of unbranched alkanes of at least 4 members (excludes halogenated alkanes) is 22. The molecule has 4 aliphatic heterocycles. The molecule has 0 aromatic rings. The lowest BCUT2D eigenvalue weighted by molar-refractivity contribution is -0.147. The van der Waals surface area contributed by atoms with Gasteiger partial charge in [-0.1, -0.05) is 111 Å². The zero-order valence-electron chi connectivity index (χ0n) is 81.0. The summed E-state index contributed by atoms with van der Waals surface area (Å²) in [7, 11) is 6.11. The molecular formula is C106H162N8O16. The minimum absolute atomic E-state index is 0.00590. The number of imide groups is 4. The second-order valence-corrected chi connectivity index (χ2v) is 34.5. The Morgan fingerprint density at radius 3 is 0.777 bits per heavy atom. The Labute approximate surface area is 782 Å². The number of terminal acetylenes is 5. The topological polar surface area (TPSA) is 303 Å². The summed E-state index contributed by atoms with van der Waals surface area (Å²) in [6.07, 6.45) is 75.0. The van der Waals surface area contributed by atoms with Crippen LogP contribution in [0.15, 0.2) is 85.3 Å². The average Bonchev–Trinajstić information content (AvgIpc) is 1.68. The smallest absolute Gasteiger partial charge is 0.257 e. The number of hydrogen-bond acceptors (Lipinski definition) is 16. The van der Waals surface area contributed by atoms with E-state index in [1.165, 1.54) is 72.3 Å². The fourth-order valence-electron chi connectivity index (χ4n) is 15.7. The van der Waals surface area contributed by atoms with Crippen molar-refractivity contribution in [2.24, 2.45) is 35.5 Å². The molecular weight excluding hydrogens is 1640 g/mol. The van der Waals surface area contributed by atoms with Gasteiger partial charge in [0.1, 0.15) is 23.0 Å². The monoisotopic (exact) mass is 1800 g/mol. The Balaban J connectivity index is 0.000000867. The highest BCUT2D eigenvalue weighted by molar-refractivity contribution is 6.06. The largest absolute Gasteiger partial charge is 0.499 e. The van der Waals surface area contributed by atoms with Crippen molar-refractivity contribution in [3.8, 4) is 61.7 Å². The van der Waals surface area contributed by atoms with Crippen LogP contribution in [-0.4, -0.2) is 169 Å². The van der Waals surface area contributed by atoms with Crippen molar-refractivity contribution in [2.75, 3.05) is 54.6 Å². The minimum atomic E-state index is -0.381. The summed E-state index contributed by atoms with van der Waals surface area (Å²) in [4.78, 5) is 155. The molecule has 10 atom stereocenters. The van der Waals surface area contributed by atoms with Crippen LogP contribution in [0.4, 0.5) is 0 Å². The van der Waals surface area contributed by atoms with Crippen LogP contribution in [0.3, 0.4) is 0 Å². The number of carbonyl (C=O) groups is 12. The summed E-state index contributed by atoms with van der Waals surface area (Å²) in [5.74, 6) is 13.1. The van der Waals surface area contributed by atoms with Crippen LogP contribution in [0, 0.1) is 97.2 Å². The number of rotatable bonds is 67. The van der Waals surface area contributed by atoms with Gasteiger partial charge in [-0.25, -0.2) is 0 Å². The van der Waals surface area contributed by atoms with Gasteiger partial charge in [0.2, 0.25) is 47.3 Å². The van der Waals surface area contributed by atoms with E-state index >= 15 is 0 Å². The Morgan fingerprint density at radius 2 is 0.531 bits per heavy atom. The number of hydrogen-bond donors (Lipinski definition) is 4. The molecule has 0 spiro atoms. The van der Waals surface area contributed by atoms with Crippen molar-refractivity contribution in [1.29, 1.82) is 0 Å². The Kier molecular flexibility index (Phi) is 66.3. The van der Waals surface area contributed by atoms with Gasteiger partial charge in [-0.05, 0) is 199 Å². The van der Waals surface area contributed by atoms with E-state index in [0.29, 0.717) is 113 Å². The molecule has 12 amide bonds. The zero-order valence-corrected chi connectivity index (χ0v) is 81.0. The van der Waals surface area contributed by atoms with E-state index in [0.717, 1.165) is 231 Å². The summed E-state index contributed by atoms with van der Waals surface area (Å²) in [5, 5.41) is 11.9. The second-order valence-electron chi connectivity index (χ2n) is 34.5. The number of carbonyl (C=O) groups excluding carboxylic acids is 12. The summed E-state index contributed by atoms with van der Waals surface area (Å²) in [6.45, 7) is 25.0. The Bertz CT molecular complexity index is 3840. The third kappa shape index (κ3) is 47.4. The van der Waals surface area contributed by atoms with Crippen LogP contribution >= 0.6 is 0 Å². The van der Waals surface area contributed by atoms with Gasteiger partial charge in [0, 0.05) is 131 Å². The molecule has 0 radical (unpaired) electrons. The summed E-state index contributed by atoms with van der Waals surface area (Å²) in [6, 6.07) is -1.45. The van der Waals surface area contributed by atoms with E-state index in [2.05, 4.69) is 70.6 Å². The van der Waals surface area contributed by atoms with Crippen molar-refractivity contribution in [2.45, 2.75) is 361 Å². The van der Waals surface area contributed by atoms with Gasteiger partial charge in [0.15, 0.2) is 0 Å². The third-order valence-electron chi connectivity index (χ3n) is 23.9. The lowest BCUT2D eigenvalue weighted by Gasteiger charge is -2.27. The average molecular weight is 1800 g/mol. The van der Waals surface area contributed by atoms with Gasteiger partial charge in [0.05, 0.1) is 52.6 Å². The van der Waals surface area contributed by atoms with E-state index in [1.807, 2.05) is 59.8 Å². The quantitative estimate of drug-likeness (QED) is 0.0250. The van der Waals surface area contributed by atoms with Gasteiger partial charge < -0.3 is 40.2 Å². The highest BCUT2D eigenvalue weighted by Gasteiger charge is 2.43. The lowest BCUT2D eigenvalue weighted by Crippen LogP contribution is -2.43. The van der Waals surface area contributed by atoms with E-state index in [1.54, 1.807) is 0 Å². The number of amides is 12. The van der Waals surface area contributed by atoms with E-state index in [-0.39, 0.29) is 131 Å². The molecule has 4 heterocycles. The fourth-order valence-corrected chi connectivity index (χ4v) is 15.7. The van der Waals surface area contributed by atoms with Crippen LogP contribution < -0.4 is 21.3 Å². The molecule has 4 N–H and O–H groups in total. The Hall–Kier alpha value is -10.4. The van der Waals surface area contributed by atoms with Gasteiger partial charge in [0.25, 0.3) is 23.6 Å². The number of ether oxygens (including phenoxy) is 4. The van der Waals surface area contributed by atoms with Crippen molar-refractivity contribution in [1.82, 2.24) is 40.9 Å². The molecule has 0 aromatic carbocycles. The predicted molar refractivity (Wildman–Crippen MR) is 517 cm³/mol. The standard InChI is InChI=1S/C27H44N2O4.C27H40N2O4.C26H40N2O4.C26H38N2O4/c2*1-6-8-10-12-16-21(3)26(31)28-19-15-14-18-23-24(33-5)20-25(30)29(23)27(32)22(4)17-13-11-9-7-2;2*1-5-7-9-11-13-18-24(29)28-22(23(32-4)20-25(28)30)17-14-15-19-27-26(31)21(3)16-12-10-8-6-2/h6-7,20-23H,1-2,8-19H2,3-5H3,(H,28,31);1-2,20-23H,8-19H2,3-5H3,(H,28,31);2,5,20-22H,1,7-19H2,3-4H3,(H,27,31);1-2,20-22H,7-19H2,3-4H3,(H,27,31)/t2*21-,22-,23+;2*21-,22+/m1111/s1. The van der Waals surface area contributed by atoms with Crippen LogP contribution in [-0.2, 0) is 76.5 Å². The molecule has 0 unspecified atom stereocenters. The molecule has 24 nitrogen and oxygen atoms in total. The molecule has 24 heteroatoms. The second kappa shape index (κ2) is 73.3. The fraction of sp³-hybridized carbons (Fsp3) is 0.660. The highest BCUT2D eigenvalue weighted by Crippen LogP contribution is 2.32. The minimum Gasteiger partial charge on any atom is -0.499 e. The third-order valence-corrected chi connectivity index (χ3v) is 23.9. The first kappa shape index (κ1) is 118. The predicted octanol–water partition coefficient (Wildman–Crippen LogP) is 18.0. The van der Waals surface area contributed by atoms with Gasteiger partial charge in [-0.3, -0.25) is 77.1 Å². The molecule has 0 fully saturated rings. The van der Waals surface area contributed by atoms with Crippen molar-refractivity contribution >= 4 is 70.9 Å². The summed E-state index contributed by atoms with van der Waals surface area (Å²) >= 11 is 0.